The number of pyridine rings is 1. The summed E-state index contributed by atoms with van der Waals surface area (Å²) < 4.78 is 7.56. The van der Waals surface area contributed by atoms with Gasteiger partial charge in [0.1, 0.15) is 12.0 Å². The molecule has 0 aromatic carbocycles. The number of hydrogen-bond acceptors (Lipinski definition) is 6. The van der Waals surface area contributed by atoms with E-state index in [1.165, 1.54) is 6.42 Å². The SMILES string of the molecule is c1nc2cc(-c3c[nH]c4nc(N[C@H]5CC[C@@]6(CCO6)CC5)ncc34)ccn2n1. The standard InChI is InChI=1S/C20H21N7O/c1-4-20(6-8-28-20)5-2-14(1)25-19-22-11-16-15(10-21-18(16)26-19)13-3-7-27-17(9-13)23-12-24-27/h3,7,9-12,14H,1-2,4-6,8H2,(H2,21,22,25,26)/t14-,20-. The molecule has 1 saturated carbocycles. The zero-order valence-corrected chi connectivity index (χ0v) is 15.4. The smallest absolute Gasteiger partial charge is 0.224 e. The van der Waals surface area contributed by atoms with Crippen molar-refractivity contribution in [3.63, 3.8) is 0 Å². The Morgan fingerprint density at radius 2 is 2.11 bits per heavy atom. The number of rotatable bonds is 3. The summed E-state index contributed by atoms with van der Waals surface area (Å²) in [5.41, 5.74) is 3.96. The van der Waals surface area contributed by atoms with Gasteiger partial charge in [-0.2, -0.15) is 10.1 Å². The van der Waals surface area contributed by atoms with E-state index in [1.807, 2.05) is 30.7 Å². The van der Waals surface area contributed by atoms with Gasteiger partial charge < -0.3 is 15.0 Å². The Hall–Kier alpha value is -3.00. The monoisotopic (exact) mass is 375 g/mol. The quantitative estimate of drug-likeness (QED) is 0.571. The minimum Gasteiger partial charge on any atom is -0.375 e. The lowest BCUT2D eigenvalue weighted by Crippen LogP contribution is -2.48. The molecule has 8 nitrogen and oxygen atoms in total. The van der Waals surface area contributed by atoms with Gasteiger partial charge in [-0.1, -0.05) is 0 Å². The minimum atomic E-state index is 0.183. The molecule has 4 aromatic heterocycles. The fourth-order valence-corrected chi connectivity index (χ4v) is 4.45. The van der Waals surface area contributed by atoms with Crippen molar-refractivity contribution >= 4 is 22.6 Å². The van der Waals surface area contributed by atoms with Gasteiger partial charge in [-0.05, 0) is 49.8 Å². The lowest BCUT2D eigenvalue weighted by atomic mass is 9.77. The average molecular weight is 375 g/mol. The normalized spacial score (nSPS) is 24.6. The Kier molecular flexibility index (Phi) is 3.43. The molecule has 0 atom stereocenters. The predicted octanol–water partition coefficient (Wildman–Crippen LogP) is 3.18. The van der Waals surface area contributed by atoms with Crippen LogP contribution in [0.2, 0.25) is 0 Å². The van der Waals surface area contributed by atoms with Crippen molar-refractivity contribution in [1.82, 2.24) is 29.5 Å². The second kappa shape index (κ2) is 6.00. The van der Waals surface area contributed by atoms with Crippen LogP contribution >= 0.6 is 0 Å². The van der Waals surface area contributed by atoms with Gasteiger partial charge in [0.15, 0.2) is 5.65 Å². The first-order chi connectivity index (χ1) is 13.8. The molecule has 0 bridgehead atoms. The molecule has 0 radical (unpaired) electrons. The number of aromatic nitrogens is 6. The highest BCUT2D eigenvalue weighted by Gasteiger charge is 2.41. The van der Waals surface area contributed by atoms with E-state index in [9.17, 15) is 0 Å². The van der Waals surface area contributed by atoms with Crippen LogP contribution < -0.4 is 5.32 Å². The molecule has 0 unspecified atom stereocenters. The van der Waals surface area contributed by atoms with Gasteiger partial charge in [-0.25, -0.2) is 14.5 Å². The summed E-state index contributed by atoms with van der Waals surface area (Å²) >= 11 is 0. The van der Waals surface area contributed by atoms with E-state index in [0.717, 1.165) is 60.1 Å². The third kappa shape index (κ3) is 2.56. The van der Waals surface area contributed by atoms with Crippen LogP contribution in [0.1, 0.15) is 32.1 Å². The largest absolute Gasteiger partial charge is 0.375 e. The minimum absolute atomic E-state index is 0.183. The van der Waals surface area contributed by atoms with Gasteiger partial charge in [0.2, 0.25) is 5.95 Å². The van der Waals surface area contributed by atoms with Gasteiger partial charge in [0.05, 0.1) is 12.2 Å². The molecule has 5 heterocycles. The van der Waals surface area contributed by atoms with E-state index >= 15 is 0 Å². The molecule has 4 aromatic rings. The van der Waals surface area contributed by atoms with E-state index < -0.39 is 0 Å². The van der Waals surface area contributed by atoms with Crippen LogP contribution in [0.25, 0.3) is 27.8 Å². The molecular formula is C20H21N7O. The topological polar surface area (TPSA) is 93.0 Å². The molecular weight excluding hydrogens is 354 g/mol. The first-order valence-corrected chi connectivity index (χ1v) is 9.82. The third-order valence-electron chi connectivity index (χ3n) is 6.22. The van der Waals surface area contributed by atoms with Crippen LogP contribution in [0.15, 0.2) is 37.1 Å². The highest BCUT2D eigenvalue weighted by molar-refractivity contribution is 5.93. The van der Waals surface area contributed by atoms with Crippen molar-refractivity contribution in [2.75, 3.05) is 11.9 Å². The van der Waals surface area contributed by atoms with Crippen LogP contribution in [-0.4, -0.2) is 47.8 Å². The number of aromatic amines is 1. The molecule has 142 valence electrons. The lowest BCUT2D eigenvalue weighted by Gasteiger charge is -2.46. The molecule has 1 saturated heterocycles. The van der Waals surface area contributed by atoms with Crippen molar-refractivity contribution in [2.24, 2.45) is 0 Å². The molecule has 0 amide bonds. The molecule has 2 fully saturated rings. The van der Waals surface area contributed by atoms with Gasteiger partial charge in [0.25, 0.3) is 0 Å². The summed E-state index contributed by atoms with van der Waals surface area (Å²) in [6, 6.07) is 4.45. The Labute approximate surface area is 161 Å². The van der Waals surface area contributed by atoms with Crippen LogP contribution in [0.3, 0.4) is 0 Å². The number of H-pyrrole nitrogens is 1. The van der Waals surface area contributed by atoms with Gasteiger partial charge in [0, 0.05) is 35.6 Å². The fourth-order valence-electron chi connectivity index (χ4n) is 4.45. The lowest BCUT2D eigenvalue weighted by molar-refractivity contribution is -0.165. The van der Waals surface area contributed by atoms with Crippen molar-refractivity contribution in [2.45, 2.75) is 43.7 Å². The maximum Gasteiger partial charge on any atom is 0.224 e. The Morgan fingerprint density at radius 3 is 2.93 bits per heavy atom. The van der Waals surface area contributed by atoms with E-state index in [0.29, 0.717) is 12.0 Å². The first kappa shape index (κ1) is 16.0. The van der Waals surface area contributed by atoms with Crippen LogP contribution in [0.5, 0.6) is 0 Å². The molecule has 8 heteroatoms. The Balaban J connectivity index is 1.24. The average Bonchev–Trinajstić information content (AvgIpc) is 3.33. The second-order valence-electron chi connectivity index (χ2n) is 7.84. The molecule has 1 spiro atoms. The van der Waals surface area contributed by atoms with Crippen molar-refractivity contribution < 1.29 is 4.74 Å². The fraction of sp³-hybridized carbons (Fsp3) is 0.400. The van der Waals surface area contributed by atoms with Crippen LogP contribution in [-0.2, 0) is 4.74 Å². The molecule has 28 heavy (non-hydrogen) atoms. The van der Waals surface area contributed by atoms with E-state index in [4.69, 9.17) is 9.72 Å². The molecule has 2 aliphatic rings. The van der Waals surface area contributed by atoms with Crippen molar-refractivity contribution in [1.29, 1.82) is 0 Å². The number of anilines is 1. The Morgan fingerprint density at radius 1 is 1.21 bits per heavy atom. The number of nitrogens with one attached hydrogen (secondary N) is 2. The van der Waals surface area contributed by atoms with Gasteiger partial charge in [-0.3, -0.25) is 0 Å². The summed E-state index contributed by atoms with van der Waals surface area (Å²) in [5, 5.41) is 8.65. The third-order valence-corrected chi connectivity index (χ3v) is 6.22. The number of hydrogen-bond donors (Lipinski definition) is 2. The van der Waals surface area contributed by atoms with Crippen molar-refractivity contribution in [3.05, 3.63) is 37.1 Å². The summed E-state index contributed by atoms with van der Waals surface area (Å²) in [6.45, 7) is 0.928. The zero-order chi connectivity index (χ0) is 18.6. The maximum atomic E-state index is 5.81. The summed E-state index contributed by atoms with van der Waals surface area (Å²) in [4.78, 5) is 16.8. The molecule has 1 aliphatic carbocycles. The highest BCUT2D eigenvalue weighted by atomic mass is 16.5. The van der Waals surface area contributed by atoms with Crippen LogP contribution in [0, 0.1) is 0 Å². The van der Waals surface area contributed by atoms with E-state index in [1.54, 1.807) is 10.8 Å². The molecule has 6 rings (SSSR count). The number of nitrogens with zero attached hydrogens (tertiary/aromatic N) is 5. The van der Waals surface area contributed by atoms with Gasteiger partial charge in [-0.15, -0.1) is 0 Å². The first-order valence-electron chi connectivity index (χ1n) is 9.82. The van der Waals surface area contributed by atoms with Crippen LogP contribution in [0.4, 0.5) is 5.95 Å². The summed E-state index contributed by atoms with van der Waals surface area (Å²) in [5.74, 6) is 0.685. The summed E-state index contributed by atoms with van der Waals surface area (Å²) in [7, 11) is 0. The van der Waals surface area contributed by atoms with Crippen molar-refractivity contribution in [3.8, 4) is 11.1 Å². The maximum absolute atomic E-state index is 5.81. The predicted molar refractivity (Wildman–Crippen MR) is 105 cm³/mol. The molecule has 2 N–H and O–H groups in total. The summed E-state index contributed by atoms with van der Waals surface area (Å²) in [6.07, 6.45) is 13.0. The van der Waals surface area contributed by atoms with Gasteiger partial charge >= 0.3 is 0 Å². The number of ether oxygens (including phenoxy) is 1. The zero-order valence-electron chi connectivity index (χ0n) is 15.4. The highest BCUT2D eigenvalue weighted by Crippen LogP contribution is 2.41. The number of fused-ring (bicyclic) bond motifs is 2. The van der Waals surface area contributed by atoms with E-state index in [-0.39, 0.29) is 5.60 Å². The second-order valence-corrected chi connectivity index (χ2v) is 7.84. The Bertz CT molecular complexity index is 1150. The van der Waals surface area contributed by atoms with E-state index in [2.05, 4.69) is 25.4 Å². The molecule has 1 aliphatic heterocycles.